The summed E-state index contributed by atoms with van der Waals surface area (Å²) in [7, 11) is 0. The zero-order chi connectivity index (χ0) is 11.1. The summed E-state index contributed by atoms with van der Waals surface area (Å²) in [5, 5.41) is 3.27. The smallest absolute Gasteiger partial charge is 0.134 e. The SMILES string of the molecule is Cc1c(F)ccc(C2(C)CCCN2)c1F. The van der Waals surface area contributed by atoms with E-state index in [1.165, 1.54) is 13.0 Å². The van der Waals surface area contributed by atoms with Gasteiger partial charge in [-0.2, -0.15) is 0 Å². The highest BCUT2D eigenvalue weighted by Gasteiger charge is 2.33. The summed E-state index contributed by atoms with van der Waals surface area (Å²) >= 11 is 0. The third kappa shape index (κ3) is 1.65. The van der Waals surface area contributed by atoms with Crippen LogP contribution in [0.1, 0.15) is 30.9 Å². The zero-order valence-electron chi connectivity index (χ0n) is 9.03. The molecule has 1 aliphatic heterocycles. The van der Waals surface area contributed by atoms with Crippen LogP contribution in [0.2, 0.25) is 0 Å². The van der Waals surface area contributed by atoms with Gasteiger partial charge in [0.15, 0.2) is 0 Å². The van der Waals surface area contributed by atoms with E-state index in [0.717, 1.165) is 19.4 Å². The monoisotopic (exact) mass is 211 g/mol. The highest BCUT2D eigenvalue weighted by molar-refractivity contribution is 5.32. The van der Waals surface area contributed by atoms with E-state index in [9.17, 15) is 8.78 Å². The van der Waals surface area contributed by atoms with Crippen molar-refractivity contribution in [3.05, 3.63) is 34.9 Å². The number of nitrogens with one attached hydrogen (secondary N) is 1. The number of rotatable bonds is 1. The Morgan fingerprint density at radius 3 is 2.67 bits per heavy atom. The fraction of sp³-hybridized carbons (Fsp3) is 0.500. The Bertz CT molecular complexity index is 381. The van der Waals surface area contributed by atoms with Crippen LogP contribution in [-0.4, -0.2) is 6.54 Å². The number of benzene rings is 1. The molecule has 1 unspecified atom stereocenters. The lowest BCUT2D eigenvalue weighted by molar-refractivity contribution is 0.406. The van der Waals surface area contributed by atoms with Crippen LogP contribution in [0.5, 0.6) is 0 Å². The van der Waals surface area contributed by atoms with E-state index >= 15 is 0 Å². The van der Waals surface area contributed by atoms with Gasteiger partial charge in [-0.3, -0.25) is 0 Å². The van der Waals surface area contributed by atoms with E-state index < -0.39 is 11.6 Å². The standard InChI is InChI=1S/C12H15F2N/c1-8-10(13)5-4-9(11(8)14)12(2)6-3-7-15-12/h4-5,15H,3,6-7H2,1-2H3. The van der Waals surface area contributed by atoms with Crippen LogP contribution < -0.4 is 5.32 Å². The first kappa shape index (κ1) is 10.6. The van der Waals surface area contributed by atoms with Crippen LogP contribution >= 0.6 is 0 Å². The summed E-state index contributed by atoms with van der Waals surface area (Å²) < 4.78 is 27.0. The molecule has 0 aliphatic carbocycles. The van der Waals surface area contributed by atoms with Crippen LogP contribution in [0.4, 0.5) is 8.78 Å². The molecule has 1 aromatic rings. The average molecular weight is 211 g/mol. The van der Waals surface area contributed by atoms with E-state index in [0.29, 0.717) is 5.56 Å². The predicted octanol–water partition coefficient (Wildman–Crippen LogP) is 2.87. The summed E-state index contributed by atoms with van der Waals surface area (Å²) in [4.78, 5) is 0. The Balaban J connectivity index is 2.49. The Hall–Kier alpha value is -0.960. The zero-order valence-corrected chi connectivity index (χ0v) is 9.03. The van der Waals surface area contributed by atoms with Crippen molar-refractivity contribution in [2.45, 2.75) is 32.2 Å². The minimum absolute atomic E-state index is 0.113. The first-order valence-corrected chi connectivity index (χ1v) is 5.25. The maximum absolute atomic E-state index is 13.9. The van der Waals surface area contributed by atoms with Gasteiger partial charge < -0.3 is 5.32 Å². The van der Waals surface area contributed by atoms with Gasteiger partial charge in [-0.25, -0.2) is 8.78 Å². The van der Waals surface area contributed by atoms with E-state index in [1.54, 1.807) is 6.07 Å². The van der Waals surface area contributed by atoms with Gasteiger partial charge in [0.1, 0.15) is 11.6 Å². The quantitative estimate of drug-likeness (QED) is 0.753. The van der Waals surface area contributed by atoms with Crippen LogP contribution in [0, 0.1) is 18.6 Å². The molecule has 1 fully saturated rings. The fourth-order valence-corrected chi connectivity index (χ4v) is 2.21. The largest absolute Gasteiger partial charge is 0.308 e. The number of hydrogen-bond acceptors (Lipinski definition) is 1. The second-order valence-corrected chi connectivity index (χ2v) is 4.40. The Morgan fingerprint density at radius 1 is 1.33 bits per heavy atom. The first-order valence-electron chi connectivity index (χ1n) is 5.25. The molecule has 0 saturated carbocycles. The summed E-state index contributed by atoms with van der Waals surface area (Å²) in [5.41, 5.74) is 0.365. The lowest BCUT2D eigenvalue weighted by atomic mass is 9.89. The van der Waals surface area contributed by atoms with Gasteiger partial charge in [0.25, 0.3) is 0 Å². The van der Waals surface area contributed by atoms with Crippen molar-refractivity contribution in [2.75, 3.05) is 6.54 Å². The maximum Gasteiger partial charge on any atom is 0.134 e. The first-order chi connectivity index (χ1) is 7.04. The van der Waals surface area contributed by atoms with Crippen molar-refractivity contribution >= 4 is 0 Å². The molecule has 3 heteroatoms. The number of halogens is 2. The highest BCUT2D eigenvalue weighted by atomic mass is 19.1. The molecule has 15 heavy (non-hydrogen) atoms. The van der Waals surface area contributed by atoms with Gasteiger partial charge in [-0.1, -0.05) is 6.07 Å². The lowest BCUT2D eigenvalue weighted by Gasteiger charge is -2.26. The molecular weight excluding hydrogens is 196 g/mol. The minimum atomic E-state index is -0.474. The van der Waals surface area contributed by atoms with E-state index in [2.05, 4.69) is 5.32 Å². The van der Waals surface area contributed by atoms with Crippen LogP contribution in [0.25, 0.3) is 0 Å². The molecule has 1 heterocycles. The third-order valence-electron chi connectivity index (χ3n) is 3.28. The van der Waals surface area contributed by atoms with Crippen molar-refractivity contribution in [1.82, 2.24) is 5.32 Å². The highest BCUT2D eigenvalue weighted by Crippen LogP contribution is 2.33. The Kier molecular flexibility index (Phi) is 2.51. The minimum Gasteiger partial charge on any atom is -0.308 e. The fourth-order valence-electron chi connectivity index (χ4n) is 2.21. The summed E-state index contributed by atoms with van der Waals surface area (Å²) in [6.45, 7) is 4.34. The summed E-state index contributed by atoms with van der Waals surface area (Å²) in [6.07, 6.45) is 1.93. The molecule has 1 aromatic carbocycles. The number of hydrogen-bond donors (Lipinski definition) is 1. The van der Waals surface area contributed by atoms with Crippen molar-refractivity contribution < 1.29 is 8.78 Å². The third-order valence-corrected chi connectivity index (χ3v) is 3.28. The molecule has 0 aromatic heterocycles. The molecule has 0 spiro atoms. The van der Waals surface area contributed by atoms with Crippen molar-refractivity contribution in [2.24, 2.45) is 0 Å². The Morgan fingerprint density at radius 2 is 2.07 bits per heavy atom. The van der Waals surface area contributed by atoms with Crippen LogP contribution in [0.3, 0.4) is 0 Å². The molecule has 2 rings (SSSR count). The van der Waals surface area contributed by atoms with Gasteiger partial charge in [0.2, 0.25) is 0 Å². The average Bonchev–Trinajstić information content (AvgIpc) is 2.62. The van der Waals surface area contributed by atoms with Gasteiger partial charge >= 0.3 is 0 Å². The van der Waals surface area contributed by atoms with Gasteiger partial charge in [-0.05, 0) is 39.3 Å². The van der Waals surface area contributed by atoms with E-state index in [1.807, 2.05) is 6.92 Å². The molecule has 1 N–H and O–H groups in total. The molecule has 1 aliphatic rings. The molecular formula is C12H15F2N. The second-order valence-electron chi connectivity index (χ2n) is 4.40. The molecule has 0 bridgehead atoms. The molecule has 1 saturated heterocycles. The lowest BCUT2D eigenvalue weighted by Crippen LogP contribution is -2.34. The van der Waals surface area contributed by atoms with Crippen molar-refractivity contribution in [3.8, 4) is 0 Å². The van der Waals surface area contributed by atoms with Gasteiger partial charge in [0, 0.05) is 16.7 Å². The van der Waals surface area contributed by atoms with Crippen molar-refractivity contribution in [1.29, 1.82) is 0 Å². The predicted molar refractivity (Wildman–Crippen MR) is 55.7 cm³/mol. The topological polar surface area (TPSA) is 12.0 Å². The Labute approximate surface area is 88.5 Å². The molecule has 1 nitrogen and oxygen atoms in total. The molecule has 82 valence electrons. The van der Waals surface area contributed by atoms with E-state index in [4.69, 9.17) is 0 Å². The van der Waals surface area contributed by atoms with Gasteiger partial charge in [-0.15, -0.1) is 0 Å². The maximum atomic E-state index is 13.9. The molecule has 0 radical (unpaired) electrons. The van der Waals surface area contributed by atoms with Crippen LogP contribution in [0.15, 0.2) is 12.1 Å². The molecule has 1 atom stereocenters. The second kappa shape index (κ2) is 3.56. The van der Waals surface area contributed by atoms with Crippen molar-refractivity contribution in [3.63, 3.8) is 0 Å². The summed E-state index contributed by atoms with van der Waals surface area (Å²) in [6, 6.07) is 2.90. The van der Waals surface area contributed by atoms with Gasteiger partial charge in [0.05, 0.1) is 0 Å². The molecule has 0 amide bonds. The normalized spacial score (nSPS) is 25.9. The summed E-state index contributed by atoms with van der Waals surface area (Å²) in [5.74, 6) is -0.884. The van der Waals surface area contributed by atoms with E-state index in [-0.39, 0.29) is 11.1 Å². The van der Waals surface area contributed by atoms with Crippen LogP contribution in [-0.2, 0) is 5.54 Å².